The monoisotopic (exact) mass is 381 g/mol. The van der Waals surface area contributed by atoms with Crippen LogP contribution >= 0.6 is 23.5 Å². The van der Waals surface area contributed by atoms with E-state index in [2.05, 4.69) is 9.97 Å². The molecule has 0 aliphatic rings. The van der Waals surface area contributed by atoms with Crippen LogP contribution in [0.3, 0.4) is 0 Å². The predicted molar refractivity (Wildman–Crippen MR) is 106 cm³/mol. The zero-order chi connectivity index (χ0) is 18.7. The van der Waals surface area contributed by atoms with Crippen molar-refractivity contribution in [3.63, 3.8) is 0 Å². The fourth-order valence-electron chi connectivity index (χ4n) is 2.54. The average Bonchev–Trinajstić information content (AvgIpc) is 2.67. The van der Waals surface area contributed by atoms with E-state index in [0.717, 1.165) is 16.0 Å². The Bertz CT molecular complexity index is 1050. The standard InChI is InChI=1S/C19H15N3O2S2/c1-25-13-6-3-11(4-7-13)12-5-8-14(16(23)9-12)17-15(10-20)18(24)22-19(21-17)26-2/h3-9,23H,1-2H3,(H,21,22,24). The van der Waals surface area contributed by atoms with Gasteiger partial charge in [-0.1, -0.05) is 30.0 Å². The van der Waals surface area contributed by atoms with Crippen LogP contribution in [0.2, 0.25) is 0 Å². The lowest BCUT2D eigenvalue weighted by Crippen LogP contribution is -2.14. The van der Waals surface area contributed by atoms with Gasteiger partial charge < -0.3 is 10.1 Å². The van der Waals surface area contributed by atoms with Gasteiger partial charge in [-0.2, -0.15) is 5.26 Å². The smallest absolute Gasteiger partial charge is 0.270 e. The fraction of sp³-hybridized carbons (Fsp3) is 0.105. The first-order chi connectivity index (χ1) is 12.6. The molecule has 0 radical (unpaired) electrons. The van der Waals surface area contributed by atoms with Crippen molar-refractivity contribution >= 4 is 23.5 Å². The number of aromatic hydroxyl groups is 1. The van der Waals surface area contributed by atoms with Crippen molar-refractivity contribution in [3.05, 3.63) is 58.4 Å². The lowest BCUT2D eigenvalue weighted by molar-refractivity contribution is 0.477. The minimum atomic E-state index is -0.516. The molecule has 0 aliphatic carbocycles. The molecule has 0 spiro atoms. The number of nitrogens with zero attached hydrogens (tertiary/aromatic N) is 2. The number of phenolic OH excluding ortho intramolecular Hbond substituents is 1. The van der Waals surface area contributed by atoms with Gasteiger partial charge in [-0.25, -0.2) is 4.98 Å². The number of thioether (sulfide) groups is 2. The van der Waals surface area contributed by atoms with E-state index in [0.29, 0.717) is 10.7 Å². The lowest BCUT2D eigenvalue weighted by Gasteiger charge is -2.10. The summed E-state index contributed by atoms with van der Waals surface area (Å²) in [5, 5.41) is 20.2. The third-order valence-electron chi connectivity index (χ3n) is 3.88. The molecule has 0 saturated carbocycles. The number of aromatic nitrogens is 2. The van der Waals surface area contributed by atoms with Gasteiger partial charge in [0, 0.05) is 10.5 Å². The minimum Gasteiger partial charge on any atom is -0.507 e. The highest BCUT2D eigenvalue weighted by Gasteiger charge is 2.16. The normalized spacial score (nSPS) is 10.5. The van der Waals surface area contributed by atoms with Crippen LogP contribution < -0.4 is 5.56 Å². The molecule has 0 amide bonds. The molecule has 3 rings (SSSR count). The molecule has 0 aliphatic heterocycles. The summed E-state index contributed by atoms with van der Waals surface area (Å²) in [4.78, 5) is 20.1. The zero-order valence-electron chi connectivity index (χ0n) is 14.1. The maximum Gasteiger partial charge on any atom is 0.270 e. The maximum atomic E-state index is 12.1. The van der Waals surface area contributed by atoms with Crippen molar-refractivity contribution in [2.75, 3.05) is 12.5 Å². The Kier molecular flexibility index (Phi) is 5.35. The Labute approximate surface area is 159 Å². The van der Waals surface area contributed by atoms with Crippen LogP contribution in [0.5, 0.6) is 5.75 Å². The molecule has 2 aromatic carbocycles. The SMILES string of the molecule is CSc1ccc(-c2ccc(-c3nc(SC)[nH]c(=O)c3C#N)c(O)c2)cc1. The van der Waals surface area contributed by atoms with Crippen LogP contribution in [0, 0.1) is 11.3 Å². The highest BCUT2D eigenvalue weighted by Crippen LogP contribution is 2.34. The molecule has 0 atom stereocenters. The number of phenols is 1. The minimum absolute atomic E-state index is 0.0295. The predicted octanol–water partition coefficient (Wildman–Crippen LogP) is 4.12. The van der Waals surface area contributed by atoms with Crippen molar-refractivity contribution < 1.29 is 5.11 Å². The Morgan fingerprint density at radius 2 is 1.77 bits per heavy atom. The van der Waals surface area contributed by atoms with Gasteiger partial charge in [0.1, 0.15) is 23.1 Å². The third kappa shape index (κ3) is 3.47. The van der Waals surface area contributed by atoms with Crippen LogP contribution in [0.4, 0.5) is 0 Å². The number of rotatable bonds is 4. The molecule has 1 heterocycles. The molecule has 0 bridgehead atoms. The lowest BCUT2D eigenvalue weighted by atomic mass is 10.0. The number of aromatic amines is 1. The van der Waals surface area contributed by atoms with Crippen molar-refractivity contribution in [2.45, 2.75) is 10.1 Å². The molecule has 130 valence electrons. The van der Waals surface area contributed by atoms with Crippen LogP contribution in [-0.2, 0) is 0 Å². The zero-order valence-corrected chi connectivity index (χ0v) is 15.7. The molecule has 7 heteroatoms. The summed E-state index contributed by atoms with van der Waals surface area (Å²) < 4.78 is 0. The number of H-pyrrole nitrogens is 1. The number of hydrogen-bond donors (Lipinski definition) is 2. The second kappa shape index (κ2) is 7.68. The Morgan fingerprint density at radius 1 is 1.08 bits per heavy atom. The second-order valence-electron chi connectivity index (χ2n) is 5.37. The summed E-state index contributed by atoms with van der Waals surface area (Å²) in [5.41, 5.74) is 1.71. The molecule has 0 fully saturated rings. The van der Waals surface area contributed by atoms with Gasteiger partial charge in [0.2, 0.25) is 0 Å². The fourth-order valence-corrected chi connectivity index (χ4v) is 3.33. The highest BCUT2D eigenvalue weighted by atomic mass is 32.2. The van der Waals surface area contributed by atoms with E-state index in [9.17, 15) is 15.2 Å². The number of hydrogen-bond acceptors (Lipinski definition) is 6. The van der Waals surface area contributed by atoms with E-state index in [-0.39, 0.29) is 17.0 Å². The van der Waals surface area contributed by atoms with E-state index < -0.39 is 5.56 Å². The summed E-state index contributed by atoms with van der Waals surface area (Å²) in [6.45, 7) is 0. The topological polar surface area (TPSA) is 89.8 Å². The molecule has 26 heavy (non-hydrogen) atoms. The Balaban J connectivity index is 2.10. The molecular formula is C19H15N3O2S2. The van der Waals surface area contributed by atoms with Crippen molar-refractivity contribution in [1.82, 2.24) is 9.97 Å². The largest absolute Gasteiger partial charge is 0.507 e. The van der Waals surface area contributed by atoms with Gasteiger partial charge in [-0.3, -0.25) is 4.79 Å². The Hall–Kier alpha value is -2.69. The number of benzene rings is 2. The van der Waals surface area contributed by atoms with Gasteiger partial charge in [0.05, 0.1) is 0 Å². The molecular weight excluding hydrogens is 366 g/mol. The van der Waals surface area contributed by atoms with Crippen LogP contribution in [0.25, 0.3) is 22.4 Å². The van der Waals surface area contributed by atoms with Crippen LogP contribution in [0.15, 0.2) is 57.3 Å². The first-order valence-corrected chi connectivity index (χ1v) is 10.1. The van der Waals surface area contributed by atoms with Crippen molar-refractivity contribution in [3.8, 4) is 34.2 Å². The quantitative estimate of drug-likeness (QED) is 0.522. The summed E-state index contributed by atoms with van der Waals surface area (Å²) in [5.74, 6) is -0.0295. The first-order valence-electron chi connectivity index (χ1n) is 7.63. The molecule has 0 unspecified atom stereocenters. The van der Waals surface area contributed by atoms with Gasteiger partial charge in [-0.15, -0.1) is 11.8 Å². The highest BCUT2D eigenvalue weighted by molar-refractivity contribution is 7.98. The molecule has 0 saturated heterocycles. The van der Waals surface area contributed by atoms with Crippen molar-refractivity contribution in [2.24, 2.45) is 0 Å². The first kappa shape index (κ1) is 18.1. The summed E-state index contributed by atoms with van der Waals surface area (Å²) in [6.07, 6.45) is 3.79. The van der Waals surface area contributed by atoms with E-state index >= 15 is 0 Å². The average molecular weight is 381 g/mol. The summed E-state index contributed by atoms with van der Waals surface area (Å²) in [7, 11) is 0. The van der Waals surface area contributed by atoms with E-state index in [1.54, 1.807) is 30.2 Å². The van der Waals surface area contributed by atoms with Crippen LogP contribution in [-0.4, -0.2) is 27.6 Å². The second-order valence-corrected chi connectivity index (χ2v) is 7.05. The van der Waals surface area contributed by atoms with E-state index in [1.165, 1.54) is 11.8 Å². The summed E-state index contributed by atoms with van der Waals surface area (Å²) >= 11 is 2.92. The van der Waals surface area contributed by atoms with Gasteiger partial charge in [0.25, 0.3) is 5.56 Å². The molecule has 1 aromatic heterocycles. The molecule has 5 nitrogen and oxygen atoms in total. The third-order valence-corrected chi connectivity index (χ3v) is 5.20. The number of nitrogens with one attached hydrogen (secondary N) is 1. The van der Waals surface area contributed by atoms with Crippen molar-refractivity contribution in [1.29, 1.82) is 5.26 Å². The van der Waals surface area contributed by atoms with Gasteiger partial charge >= 0.3 is 0 Å². The molecule has 3 aromatic rings. The van der Waals surface area contributed by atoms with E-state index in [4.69, 9.17) is 0 Å². The molecule has 2 N–H and O–H groups in total. The maximum absolute atomic E-state index is 12.1. The van der Waals surface area contributed by atoms with Gasteiger partial charge in [-0.05, 0) is 47.9 Å². The van der Waals surface area contributed by atoms with Crippen LogP contribution in [0.1, 0.15) is 5.56 Å². The Morgan fingerprint density at radius 3 is 2.35 bits per heavy atom. The van der Waals surface area contributed by atoms with Gasteiger partial charge in [0.15, 0.2) is 5.16 Å². The van der Waals surface area contributed by atoms with E-state index in [1.807, 2.05) is 42.7 Å². The summed E-state index contributed by atoms with van der Waals surface area (Å²) in [6, 6.07) is 15.0. The number of nitriles is 1.